The summed E-state index contributed by atoms with van der Waals surface area (Å²) in [5.41, 5.74) is 5.32. The lowest BCUT2D eigenvalue weighted by atomic mass is 9.97. The van der Waals surface area contributed by atoms with Crippen molar-refractivity contribution < 1.29 is 4.79 Å². The Kier molecular flexibility index (Phi) is 3.86. The highest BCUT2D eigenvalue weighted by molar-refractivity contribution is 5.97. The van der Waals surface area contributed by atoms with Gasteiger partial charge in [0.25, 0.3) is 5.91 Å². The first-order valence-corrected chi connectivity index (χ1v) is 9.33. The number of rotatable bonds is 2. The number of carbonyl (C=O) groups is 1. The number of aryl methyl sites for hydroxylation is 1. The molecule has 3 heterocycles. The number of aromatic nitrogens is 3. The molecule has 0 saturated carbocycles. The highest BCUT2D eigenvalue weighted by atomic mass is 16.2. The molecule has 1 aliphatic rings. The van der Waals surface area contributed by atoms with Crippen LogP contribution in [0.15, 0.2) is 79.3 Å². The Hall–Kier alpha value is -3.60. The largest absolute Gasteiger partial charge is 0.330 e. The normalized spacial score (nSPS) is 13.0. The van der Waals surface area contributed by atoms with E-state index in [0.717, 1.165) is 16.9 Å². The Morgan fingerprint density at radius 2 is 1.43 bits per heavy atom. The summed E-state index contributed by atoms with van der Waals surface area (Å²) in [7, 11) is 1.86. The van der Waals surface area contributed by atoms with Crippen LogP contribution in [0.25, 0.3) is 16.9 Å². The molecule has 2 aromatic carbocycles. The van der Waals surface area contributed by atoms with Crippen molar-refractivity contribution in [2.24, 2.45) is 7.05 Å². The lowest BCUT2D eigenvalue weighted by Crippen LogP contribution is -2.30. The van der Waals surface area contributed by atoms with Crippen LogP contribution >= 0.6 is 0 Å². The van der Waals surface area contributed by atoms with Gasteiger partial charge in [-0.1, -0.05) is 48.5 Å². The molecular weight excluding hydrogens is 348 g/mol. The molecule has 5 nitrogen and oxygen atoms in total. The highest BCUT2D eigenvalue weighted by Crippen LogP contribution is 2.33. The van der Waals surface area contributed by atoms with Gasteiger partial charge in [0, 0.05) is 32.5 Å². The first kappa shape index (κ1) is 16.6. The van der Waals surface area contributed by atoms with Crippen LogP contribution in [0.4, 0.5) is 0 Å². The summed E-state index contributed by atoms with van der Waals surface area (Å²) in [5, 5.41) is 4.35. The van der Waals surface area contributed by atoms with E-state index in [2.05, 4.69) is 41.5 Å². The summed E-state index contributed by atoms with van der Waals surface area (Å²) < 4.78 is 3.67. The van der Waals surface area contributed by atoms with Crippen LogP contribution in [0.5, 0.6) is 0 Å². The molecule has 0 N–H and O–H groups in total. The van der Waals surface area contributed by atoms with Crippen LogP contribution in [0, 0.1) is 0 Å². The number of nitrogens with zero attached hydrogens (tertiary/aromatic N) is 4. The second-order valence-corrected chi connectivity index (χ2v) is 7.07. The van der Waals surface area contributed by atoms with E-state index >= 15 is 0 Å². The van der Waals surface area contributed by atoms with Gasteiger partial charge in [0.15, 0.2) is 0 Å². The molecule has 28 heavy (non-hydrogen) atoms. The second-order valence-electron chi connectivity index (χ2n) is 7.07. The molecule has 0 bridgehead atoms. The maximum Gasteiger partial charge on any atom is 0.259 e. The number of hydrogen-bond donors (Lipinski definition) is 0. The molecule has 1 aliphatic heterocycles. The summed E-state index contributed by atoms with van der Waals surface area (Å²) in [4.78, 5) is 15.5. The van der Waals surface area contributed by atoms with Crippen molar-refractivity contribution in [2.45, 2.75) is 13.1 Å². The molecule has 5 heteroatoms. The van der Waals surface area contributed by atoms with E-state index in [1.807, 2.05) is 53.2 Å². The van der Waals surface area contributed by atoms with Crippen LogP contribution < -0.4 is 0 Å². The first-order valence-electron chi connectivity index (χ1n) is 9.33. The average molecular weight is 368 g/mol. The van der Waals surface area contributed by atoms with Gasteiger partial charge in [-0.3, -0.25) is 9.48 Å². The van der Waals surface area contributed by atoms with Crippen LogP contribution in [0.2, 0.25) is 0 Å². The lowest BCUT2D eigenvalue weighted by Gasteiger charge is -2.22. The van der Waals surface area contributed by atoms with Crippen molar-refractivity contribution >= 4 is 5.91 Å². The van der Waals surface area contributed by atoms with E-state index in [1.165, 1.54) is 11.1 Å². The van der Waals surface area contributed by atoms with Crippen LogP contribution in [-0.4, -0.2) is 25.2 Å². The molecular formula is C23H20N4O. The van der Waals surface area contributed by atoms with Gasteiger partial charge in [-0.2, -0.15) is 5.10 Å². The minimum absolute atomic E-state index is 0.0108. The third kappa shape index (κ3) is 2.63. The molecule has 0 atom stereocenters. The number of hydrogen-bond acceptors (Lipinski definition) is 2. The van der Waals surface area contributed by atoms with Crippen molar-refractivity contribution in [3.8, 4) is 16.9 Å². The molecule has 0 aliphatic carbocycles. The molecule has 2 aromatic heterocycles. The smallest absolute Gasteiger partial charge is 0.259 e. The van der Waals surface area contributed by atoms with Gasteiger partial charge in [0.05, 0.1) is 6.20 Å². The molecule has 4 aromatic rings. The topological polar surface area (TPSA) is 43.1 Å². The maximum atomic E-state index is 13.6. The van der Waals surface area contributed by atoms with Crippen molar-refractivity contribution in [1.82, 2.24) is 19.2 Å². The number of fused-ring (bicyclic) bond motifs is 3. The zero-order valence-electron chi connectivity index (χ0n) is 15.6. The Morgan fingerprint density at radius 1 is 0.857 bits per heavy atom. The number of benzene rings is 2. The van der Waals surface area contributed by atoms with E-state index in [4.69, 9.17) is 0 Å². The van der Waals surface area contributed by atoms with Gasteiger partial charge in [0.1, 0.15) is 11.4 Å². The van der Waals surface area contributed by atoms with Gasteiger partial charge >= 0.3 is 0 Å². The van der Waals surface area contributed by atoms with Crippen molar-refractivity contribution in [3.05, 3.63) is 95.9 Å². The Balaban J connectivity index is 1.60. The van der Waals surface area contributed by atoms with Crippen LogP contribution in [-0.2, 0) is 20.1 Å². The van der Waals surface area contributed by atoms with Gasteiger partial charge in [-0.25, -0.2) is 0 Å². The molecule has 0 fully saturated rings. The second kappa shape index (κ2) is 6.53. The maximum absolute atomic E-state index is 13.6. The highest BCUT2D eigenvalue weighted by Gasteiger charge is 2.26. The van der Waals surface area contributed by atoms with Crippen molar-refractivity contribution in [3.63, 3.8) is 0 Å². The average Bonchev–Trinajstić information content (AvgIpc) is 3.33. The monoisotopic (exact) mass is 368 g/mol. The van der Waals surface area contributed by atoms with Gasteiger partial charge in [0.2, 0.25) is 0 Å². The fourth-order valence-electron chi connectivity index (χ4n) is 3.99. The van der Waals surface area contributed by atoms with Gasteiger partial charge < -0.3 is 9.47 Å². The Bertz CT molecular complexity index is 1110. The molecule has 0 saturated heterocycles. The standard InChI is InChI=1S/C23H20N4O/c1-25-22(26-12-6-7-13-26)21(14-24-25)23(28)27-15-17-8-2-4-10-19(17)20-11-5-3-9-18(20)16-27/h2-14H,15-16H2,1H3. The molecule has 0 radical (unpaired) electrons. The van der Waals surface area contributed by atoms with Gasteiger partial charge in [-0.15, -0.1) is 0 Å². The minimum atomic E-state index is -0.0108. The molecule has 138 valence electrons. The molecule has 0 unspecified atom stereocenters. The molecule has 0 spiro atoms. The zero-order chi connectivity index (χ0) is 19.1. The summed E-state index contributed by atoms with van der Waals surface area (Å²) in [5.74, 6) is 0.768. The van der Waals surface area contributed by atoms with Crippen LogP contribution in [0.1, 0.15) is 21.5 Å². The van der Waals surface area contributed by atoms with Gasteiger partial charge in [-0.05, 0) is 34.4 Å². The Morgan fingerprint density at radius 3 is 2.04 bits per heavy atom. The summed E-state index contributed by atoms with van der Waals surface area (Å²) in [6.07, 6.45) is 5.53. The van der Waals surface area contributed by atoms with Crippen molar-refractivity contribution in [1.29, 1.82) is 0 Å². The van der Waals surface area contributed by atoms with E-state index in [9.17, 15) is 4.79 Å². The van der Waals surface area contributed by atoms with E-state index in [1.54, 1.807) is 10.9 Å². The van der Waals surface area contributed by atoms with Crippen LogP contribution in [0.3, 0.4) is 0 Å². The summed E-state index contributed by atoms with van der Waals surface area (Å²) in [6, 6.07) is 20.5. The van der Waals surface area contributed by atoms with E-state index in [-0.39, 0.29) is 5.91 Å². The first-order chi connectivity index (χ1) is 13.7. The van der Waals surface area contributed by atoms with Crippen molar-refractivity contribution in [2.75, 3.05) is 0 Å². The molecule has 1 amide bonds. The number of carbonyl (C=O) groups excluding carboxylic acids is 1. The summed E-state index contributed by atoms with van der Waals surface area (Å²) >= 11 is 0. The zero-order valence-corrected chi connectivity index (χ0v) is 15.6. The lowest BCUT2D eigenvalue weighted by molar-refractivity contribution is 0.0732. The predicted molar refractivity (Wildman–Crippen MR) is 108 cm³/mol. The van der Waals surface area contributed by atoms with E-state index < -0.39 is 0 Å². The third-order valence-electron chi connectivity index (χ3n) is 5.32. The fraction of sp³-hybridized carbons (Fsp3) is 0.130. The minimum Gasteiger partial charge on any atom is -0.330 e. The Labute approximate surface area is 163 Å². The molecule has 5 rings (SSSR count). The predicted octanol–water partition coefficient (Wildman–Crippen LogP) is 4.03. The number of amides is 1. The quantitative estimate of drug-likeness (QED) is 0.536. The third-order valence-corrected chi connectivity index (χ3v) is 5.32. The SMILES string of the molecule is Cn1ncc(C(=O)N2Cc3ccccc3-c3ccccc3C2)c1-n1cccc1. The van der Waals surface area contributed by atoms with E-state index in [0.29, 0.717) is 18.7 Å². The fourth-order valence-corrected chi connectivity index (χ4v) is 3.99. The summed E-state index contributed by atoms with van der Waals surface area (Å²) in [6.45, 7) is 1.15.